The summed E-state index contributed by atoms with van der Waals surface area (Å²) in [4.78, 5) is 5.90. The van der Waals surface area contributed by atoms with Crippen LogP contribution in [0, 0.1) is 20.8 Å². The second-order valence-electron chi connectivity index (χ2n) is 7.60. The number of pyridine rings is 1. The molecule has 0 aliphatic carbocycles. The molecule has 4 rings (SSSR count). The number of fused-ring (bicyclic) bond motifs is 1. The van der Waals surface area contributed by atoms with Crippen LogP contribution in [0.4, 0.5) is 11.5 Å². The molecule has 0 spiro atoms. The molecule has 1 aliphatic rings. The van der Waals surface area contributed by atoms with Crippen molar-refractivity contribution >= 4 is 34.2 Å². The van der Waals surface area contributed by atoms with Crippen LogP contribution in [0.15, 0.2) is 29.3 Å². The van der Waals surface area contributed by atoms with Crippen LogP contribution in [0.25, 0.3) is 10.9 Å². The Morgan fingerprint density at radius 1 is 1.19 bits per heavy atom. The molecule has 0 bridgehead atoms. The van der Waals surface area contributed by atoms with E-state index in [9.17, 15) is 0 Å². The summed E-state index contributed by atoms with van der Waals surface area (Å²) in [6.07, 6.45) is 4.02. The first-order valence-electron chi connectivity index (χ1n) is 9.40. The Hall–Kier alpha value is -2.05. The van der Waals surface area contributed by atoms with Gasteiger partial charge in [-0.3, -0.25) is 10.1 Å². The standard InChI is InChI=1S/C21H26N4OS/c1-13-11-18-16(12-19(13)27-21(4)6-9-26-10-7-21)17(5-8-22-18)23-20-14(2)15(3)24-25-20/h5,8,11-12H,6-7,9-10H2,1-4H3,(H2,22,23,24,25). The van der Waals surface area contributed by atoms with Crippen LogP contribution >= 0.6 is 11.8 Å². The maximum Gasteiger partial charge on any atom is 0.155 e. The van der Waals surface area contributed by atoms with Crippen LogP contribution < -0.4 is 5.32 Å². The molecule has 1 aliphatic heterocycles. The number of hydrogen-bond donors (Lipinski definition) is 2. The second-order valence-corrected chi connectivity index (χ2v) is 9.23. The molecule has 0 amide bonds. The molecule has 0 radical (unpaired) electrons. The van der Waals surface area contributed by atoms with Crippen LogP contribution in [0.2, 0.25) is 0 Å². The molecule has 5 nitrogen and oxygen atoms in total. The van der Waals surface area contributed by atoms with Crippen LogP contribution in [-0.4, -0.2) is 33.1 Å². The maximum atomic E-state index is 5.56. The van der Waals surface area contributed by atoms with Crippen molar-refractivity contribution < 1.29 is 4.74 Å². The third-order valence-corrected chi connectivity index (χ3v) is 7.01. The number of aromatic amines is 1. The van der Waals surface area contributed by atoms with E-state index in [0.29, 0.717) is 0 Å². The van der Waals surface area contributed by atoms with E-state index in [2.05, 4.69) is 53.4 Å². The summed E-state index contributed by atoms with van der Waals surface area (Å²) in [6.45, 7) is 10.3. The lowest BCUT2D eigenvalue weighted by molar-refractivity contribution is 0.0815. The van der Waals surface area contributed by atoms with Gasteiger partial charge in [0.05, 0.1) is 11.2 Å². The van der Waals surface area contributed by atoms with Gasteiger partial charge in [-0.05, 0) is 64.3 Å². The lowest BCUT2D eigenvalue weighted by atomic mass is 10.0. The number of thioether (sulfide) groups is 1. The van der Waals surface area contributed by atoms with Crippen molar-refractivity contribution in [3.63, 3.8) is 0 Å². The van der Waals surface area contributed by atoms with Crippen LogP contribution in [-0.2, 0) is 4.74 Å². The molecule has 3 heterocycles. The topological polar surface area (TPSA) is 62.8 Å². The minimum atomic E-state index is 0.225. The Morgan fingerprint density at radius 2 is 1.96 bits per heavy atom. The fourth-order valence-electron chi connectivity index (χ4n) is 3.40. The molecule has 3 aromatic rings. The normalized spacial score (nSPS) is 16.6. The van der Waals surface area contributed by atoms with E-state index in [0.717, 1.165) is 59.7 Å². The van der Waals surface area contributed by atoms with Gasteiger partial charge < -0.3 is 10.1 Å². The van der Waals surface area contributed by atoms with Gasteiger partial charge in [-0.2, -0.15) is 5.10 Å². The number of rotatable bonds is 4. The van der Waals surface area contributed by atoms with E-state index in [4.69, 9.17) is 4.74 Å². The molecule has 6 heteroatoms. The SMILES string of the molecule is Cc1cc2nccc(Nc3n[nH]c(C)c3C)c2cc1SC1(C)CCOCC1. The molecule has 1 fully saturated rings. The number of aromatic nitrogens is 3. The Kier molecular flexibility index (Phi) is 4.86. The van der Waals surface area contributed by atoms with Crippen molar-refractivity contribution in [2.45, 2.75) is 50.2 Å². The lowest BCUT2D eigenvalue weighted by Crippen LogP contribution is -2.29. The van der Waals surface area contributed by atoms with Gasteiger partial charge in [0.1, 0.15) is 0 Å². The summed E-state index contributed by atoms with van der Waals surface area (Å²) in [5, 5.41) is 12.0. The number of nitrogens with one attached hydrogen (secondary N) is 2. The highest BCUT2D eigenvalue weighted by Gasteiger charge is 2.29. The highest BCUT2D eigenvalue weighted by molar-refractivity contribution is 8.00. The monoisotopic (exact) mass is 382 g/mol. The van der Waals surface area contributed by atoms with Gasteiger partial charge in [-0.15, -0.1) is 11.8 Å². The first-order valence-corrected chi connectivity index (χ1v) is 10.2. The predicted octanol–water partition coefficient (Wildman–Crippen LogP) is 5.29. The van der Waals surface area contributed by atoms with Gasteiger partial charge >= 0.3 is 0 Å². The molecule has 1 aromatic carbocycles. The fourth-order valence-corrected chi connectivity index (χ4v) is 4.70. The van der Waals surface area contributed by atoms with E-state index in [-0.39, 0.29) is 4.75 Å². The summed E-state index contributed by atoms with van der Waals surface area (Å²) < 4.78 is 5.78. The molecular formula is C21H26N4OS. The third-order valence-electron chi connectivity index (χ3n) is 5.45. The minimum absolute atomic E-state index is 0.225. The zero-order valence-electron chi connectivity index (χ0n) is 16.3. The second kappa shape index (κ2) is 7.17. The average molecular weight is 383 g/mol. The smallest absolute Gasteiger partial charge is 0.155 e. The number of anilines is 2. The molecule has 0 saturated carbocycles. The van der Waals surface area contributed by atoms with E-state index in [1.54, 1.807) is 0 Å². The largest absolute Gasteiger partial charge is 0.381 e. The number of nitrogens with zero attached hydrogens (tertiary/aromatic N) is 2. The summed E-state index contributed by atoms with van der Waals surface area (Å²) >= 11 is 1.97. The molecule has 0 unspecified atom stereocenters. The van der Waals surface area contributed by atoms with Crippen molar-refractivity contribution in [1.82, 2.24) is 15.2 Å². The Balaban J connectivity index is 1.72. The number of aryl methyl sites for hydroxylation is 2. The summed E-state index contributed by atoms with van der Waals surface area (Å²) in [5.41, 5.74) is 5.53. The van der Waals surface area contributed by atoms with Crippen LogP contribution in [0.5, 0.6) is 0 Å². The molecule has 142 valence electrons. The molecule has 0 atom stereocenters. The van der Waals surface area contributed by atoms with Gasteiger partial charge in [0, 0.05) is 45.7 Å². The molecule has 2 N–H and O–H groups in total. The van der Waals surface area contributed by atoms with Gasteiger partial charge in [0.25, 0.3) is 0 Å². The first kappa shape index (κ1) is 18.3. The van der Waals surface area contributed by atoms with Crippen molar-refractivity contribution in [3.05, 3.63) is 41.2 Å². The fraction of sp³-hybridized carbons (Fsp3) is 0.429. The molecule has 27 heavy (non-hydrogen) atoms. The molecular weight excluding hydrogens is 356 g/mol. The van der Waals surface area contributed by atoms with Crippen molar-refractivity contribution in [2.24, 2.45) is 0 Å². The van der Waals surface area contributed by atoms with Crippen LogP contribution in [0.1, 0.15) is 36.6 Å². The van der Waals surface area contributed by atoms with Gasteiger partial charge in [-0.25, -0.2) is 0 Å². The number of hydrogen-bond acceptors (Lipinski definition) is 5. The van der Waals surface area contributed by atoms with Gasteiger partial charge in [0.15, 0.2) is 5.82 Å². The van der Waals surface area contributed by atoms with Gasteiger partial charge in [0.2, 0.25) is 0 Å². The van der Waals surface area contributed by atoms with E-state index >= 15 is 0 Å². The Morgan fingerprint density at radius 3 is 2.67 bits per heavy atom. The van der Waals surface area contributed by atoms with Gasteiger partial charge in [-0.1, -0.05) is 0 Å². The van der Waals surface area contributed by atoms with E-state index in [1.807, 2.05) is 30.9 Å². The predicted molar refractivity (Wildman–Crippen MR) is 112 cm³/mol. The zero-order valence-corrected chi connectivity index (χ0v) is 17.2. The number of ether oxygens (including phenoxy) is 1. The highest BCUT2D eigenvalue weighted by Crippen LogP contribution is 2.43. The Labute approximate surface area is 164 Å². The third kappa shape index (κ3) is 3.69. The van der Waals surface area contributed by atoms with Crippen molar-refractivity contribution in [1.29, 1.82) is 0 Å². The van der Waals surface area contributed by atoms with E-state index < -0.39 is 0 Å². The minimum Gasteiger partial charge on any atom is -0.381 e. The highest BCUT2D eigenvalue weighted by atomic mass is 32.2. The quantitative estimate of drug-likeness (QED) is 0.642. The van der Waals surface area contributed by atoms with E-state index in [1.165, 1.54) is 10.5 Å². The lowest BCUT2D eigenvalue weighted by Gasteiger charge is -2.33. The van der Waals surface area contributed by atoms with Crippen molar-refractivity contribution in [3.8, 4) is 0 Å². The number of benzene rings is 1. The summed E-state index contributed by atoms with van der Waals surface area (Å²) in [7, 11) is 0. The molecule has 2 aromatic heterocycles. The summed E-state index contributed by atoms with van der Waals surface area (Å²) in [6, 6.07) is 6.49. The first-order chi connectivity index (χ1) is 13.0. The molecule has 1 saturated heterocycles. The Bertz CT molecular complexity index is 976. The number of H-pyrrole nitrogens is 1. The average Bonchev–Trinajstić information content (AvgIpc) is 2.95. The van der Waals surface area contributed by atoms with Crippen LogP contribution in [0.3, 0.4) is 0 Å². The van der Waals surface area contributed by atoms with Crippen molar-refractivity contribution in [2.75, 3.05) is 18.5 Å². The zero-order chi connectivity index (χ0) is 19.0. The summed E-state index contributed by atoms with van der Waals surface area (Å²) in [5.74, 6) is 0.867. The maximum absolute atomic E-state index is 5.56.